The van der Waals surface area contributed by atoms with E-state index >= 15 is 0 Å². The third-order valence-electron chi connectivity index (χ3n) is 6.08. The number of likely N-dealkylation sites (N-methyl/N-ethyl adjacent to an activating group) is 1. The van der Waals surface area contributed by atoms with Crippen molar-refractivity contribution in [1.29, 1.82) is 0 Å². The molecule has 40 heavy (non-hydrogen) atoms. The number of ether oxygens (including phenoxy) is 1. The quantitative estimate of drug-likeness (QED) is 0.265. The number of rotatable bonds is 11. The van der Waals surface area contributed by atoms with E-state index in [2.05, 4.69) is 21.3 Å². The third-order valence-corrected chi connectivity index (χ3v) is 6.41. The molecule has 0 aromatic heterocycles. The summed E-state index contributed by atoms with van der Waals surface area (Å²) in [5, 5.41) is 11.3. The van der Waals surface area contributed by atoms with Gasteiger partial charge in [-0.2, -0.15) is 0 Å². The van der Waals surface area contributed by atoms with Crippen molar-refractivity contribution in [3.8, 4) is 5.75 Å². The second-order valence-electron chi connectivity index (χ2n) is 9.56. The summed E-state index contributed by atoms with van der Waals surface area (Å²) in [6.45, 7) is 2.74. The Hall–Kier alpha value is -3.96. The molecule has 0 aliphatic rings. The molecule has 210 valence electrons. The highest BCUT2D eigenvalue weighted by molar-refractivity contribution is 6.34. The minimum absolute atomic E-state index is 0.0475. The van der Waals surface area contributed by atoms with E-state index < -0.39 is 30.4 Å². The normalized spacial score (nSPS) is 11.2. The molecule has 0 fully saturated rings. The molecule has 0 heterocycles. The van der Waals surface area contributed by atoms with E-state index in [4.69, 9.17) is 16.3 Å². The average Bonchev–Trinajstić information content (AvgIpc) is 2.92. The van der Waals surface area contributed by atoms with Gasteiger partial charge in [0.15, 0.2) is 0 Å². The number of anilines is 2. The van der Waals surface area contributed by atoms with Crippen LogP contribution < -0.4 is 31.5 Å². The molecule has 0 aliphatic heterocycles. The molecule has 0 saturated carbocycles. The average molecular weight is 571 g/mol. The first kappa shape index (κ1) is 30.6. The van der Waals surface area contributed by atoms with Crippen LogP contribution in [0.15, 0.2) is 60.7 Å². The van der Waals surface area contributed by atoms with Crippen molar-refractivity contribution in [2.75, 3.05) is 24.3 Å². The molecule has 3 aromatic carbocycles. The molecule has 0 aliphatic carbocycles. The molecule has 4 N–H and O–H groups in total. The Morgan fingerprint density at radius 1 is 0.925 bits per heavy atom. The van der Waals surface area contributed by atoms with Gasteiger partial charge in [-0.1, -0.05) is 35.3 Å². The molecule has 0 atom stereocenters. The number of halogens is 3. The van der Waals surface area contributed by atoms with Crippen molar-refractivity contribution in [2.45, 2.75) is 32.4 Å². The van der Waals surface area contributed by atoms with E-state index in [1.165, 1.54) is 18.2 Å². The van der Waals surface area contributed by atoms with Crippen LogP contribution in [0.4, 0.5) is 20.2 Å². The molecular weight excluding hydrogens is 541 g/mol. The fraction of sp³-hybridized carbons (Fsp3) is 0.250. The first-order valence-electron chi connectivity index (χ1n) is 12.4. The van der Waals surface area contributed by atoms with Gasteiger partial charge in [-0.05, 0) is 68.9 Å². The van der Waals surface area contributed by atoms with E-state index in [1.54, 1.807) is 51.2 Å². The lowest BCUT2D eigenvalue weighted by atomic mass is 9.96. The predicted octanol–water partition coefficient (Wildman–Crippen LogP) is 3.36. The topological polar surface area (TPSA) is 109 Å². The highest BCUT2D eigenvalue weighted by Gasteiger charge is 2.25. The molecule has 12 heteroatoms. The van der Waals surface area contributed by atoms with Crippen molar-refractivity contribution in [1.82, 2.24) is 10.6 Å². The highest BCUT2D eigenvalue weighted by atomic mass is 35.5. The maximum absolute atomic E-state index is 13.1. The van der Waals surface area contributed by atoms with Crippen molar-refractivity contribution >= 4 is 54.0 Å². The van der Waals surface area contributed by atoms with E-state index in [0.29, 0.717) is 11.3 Å². The number of amides is 3. The van der Waals surface area contributed by atoms with E-state index in [-0.39, 0.29) is 40.0 Å². The standard InChI is InChI=1S/C28H30BClF2N4O4/c1-28(2,33-3)27(39)34-14-16-4-10-22(30)20(12-16)25(37)36-19-9-11-23(40-15-24(31)32)21(13-19)26(38)35-18-7-5-17(29)6-8-18/h4-13,24,33H,14-15,29H2,1-3H3,(H,34,39)(H,35,38)(H,36,37). The Balaban J connectivity index is 1.81. The second kappa shape index (κ2) is 13.4. The van der Waals surface area contributed by atoms with Crippen LogP contribution >= 0.6 is 11.6 Å². The van der Waals surface area contributed by atoms with E-state index in [9.17, 15) is 23.2 Å². The molecule has 8 nitrogen and oxygen atoms in total. The smallest absolute Gasteiger partial charge is 0.272 e. The van der Waals surface area contributed by atoms with Gasteiger partial charge < -0.3 is 26.0 Å². The van der Waals surface area contributed by atoms with Gasteiger partial charge in [0, 0.05) is 17.9 Å². The lowest BCUT2D eigenvalue weighted by Gasteiger charge is -2.22. The molecule has 0 bridgehead atoms. The van der Waals surface area contributed by atoms with Gasteiger partial charge in [-0.3, -0.25) is 14.4 Å². The van der Waals surface area contributed by atoms with Crippen LogP contribution in [0.25, 0.3) is 0 Å². The maximum atomic E-state index is 13.1. The number of hydrogen-bond acceptors (Lipinski definition) is 5. The number of nitrogens with one attached hydrogen (secondary N) is 4. The number of benzene rings is 3. The van der Waals surface area contributed by atoms with Gasteiger partial charge in [-0.15, -0.1) is 0 Å². The summed E-state index contributed by atoms with van der Waals surface area (Å²) in [6.07, 6.45) is -2.74. The van der Waals surface area contributed by atoms with Crippen LogP contribution in [0.1, 0.15) is 40.1 Å². The Morgan fingerprint density at radius 2 is 1.55 bits per heavy atom. The molecule has 3 amide bonds. The minimum atomic E-state index is -2.74. The summed E-state index contributed by atoms with van der Waals surface area (Å²) in [5.74, 6) is -1.46. The number of alkyl halides is 2. The van der Waals surface area contributed by atoms with Crippen molar-refractivity contribution in [3.63, 3.8) is 0 Å². The Morgan fingerprint density at radius 3 is 2.20 bits per heavy atom. The zero-order valence-electron chi connectivity index (χ0n) is 22.5. The van der Waals surface area contributed by atoms with Gasteiger partial charge in [0.25, 0.3) is 18.2 Å². The first-order valence-corrected chi connectivity index (χ1v) is 12.8. The Kier molecular flexibility index (Phi) is 10.3. The zero-order chi connectivity index (χ0) is 29.4. The molecule has 0 saturated heterocycles. The summed E-state index contributed by atoms with van der Waals surface area (Å²) in [6, 6.07) is 15.9. The van der Waals surface area contributed by atoms with Crippen molar-refractivity contribution in [2.24, 2.45) is 0 Å². The van der Waals surface area contributed by atoms with Gasteiger partial charge in [0.1, 0.15) is 20.2 Å². The number of carbonyl (C=O) groups is 3. The van der Waals surface area contributed by atoms with Crippen LogP contribution in [0, 0.1) is 0 Å². The largest absolute Gasteiger partial charge is 0.487 e. The zero-order valence-corrected chi connectivity index (χ0v) is 23.3. The Bertz CT molecular complexity index is 1390. The lowest BCUT2D eigenvalue weighted by molar-refractivity contribution is -0.126. The Labute approximate surface area is 237 Å². The lowest BCUT2D eigenvalue weighted by Crippen LogP contribution is -2.50. The van der Waals surface area contributed by atoms with Gasteiger partial charge in [-0.25, -0.2) is 8.78 Å². The second-order valence-corrected chi connectivity index (χ2v) is 9.97. The van der Waals surface area contributed by atoms with Crippen LogP contribution in [0.3, 0.4) is 0 Å². The summed E-state index contributed by atoms with van der Waals surface area (Å²) in [5.41, 5.74) is 1.67. The highest BCUT2D eigenvalue weighted by Crippen LogP contribution is 2.26. The van der Waals surface area contributed by atoms with Crippen LogP contribution in [-0.4, -0.2) is 51.2 Å². The summed E-state index contributed by atoms with van der Waals surface area (Å²) < 4.78 is 30.8. The van der Waals surface area contributed by atoms with Crippen molar-refractivity contribution < 1.29 is 27.9 Å². The summed E-state index contributed by atoms with van der Waals surface area (Å²) in [4.78, 5) is 38.5. The molecule has 0 spiro atoms. The fourth-order valence-corrected chi connectivity index (χ4v) is 3.67. The van der Waals surface area contributed by atoms with Crippen LogP contribution in [0.5, 0.6) is 5.75 Å². The van der Waals surface area contributed by atoms with Gasteiger partial charge in [0.05, 0.1) is 21.7 Å². The van der Waals surface area contributed by atoms with Crippen molar-refractivity contribution in [3.05, 3.63) is 82.4 Å². The van der Waals surface area contributed by atoms with Crippen LogP contribution in [-0.2, 0) is 11.3 Å². The number of carbonyl (C=O) groups excluding carboxylic acids is 3. The number of hydrogen-bond donors (Lipinski definition) is 4. The molecule has 0 radical (unpaired) electrons. The van der Waals surface area contributed by atoms with Gasteiger partial charge >= 0.3 is 0 Å². The molecule has 0 unspecified atom stereocenters. The predicted molar refractivity (Wildman–Crippen MR) is 155 cm³/mol. The maximum Gasteiger partial charge on any atom is 0.272 e. The monoisotopic (exact) mass is 570 g/mol. The van der Waals surface area contributed by atoms with E-state index in [1.807, 2.05) is 20.0 Å². The molecular formula is C28H30BClF2N4O4. The van der Waals surface area contributed by atoms with Gasteiger partial charge in [0.2, 0.25) is 5.91 Å². The SMILES string of the molecule is Bc1ccc(NC(=O)c2cc(NC(=O)c3cc(CNC(=O)C(C)(C)NC)ccc3Cl)ccc2OCC(F)F)cc1. The first-order chi connectivity index (χ1) is 18.9. The molecule has 3 aromatic rings. The molecule has 3 rings (SSSR count). The summed E-state index contributed by atoms with van der Waals surface area (Å²) >= 11 is 6.28. The van der Waals surface area contributed by atoms with E-state index in [0.717, 1.165) is 5.46 Å². The minimum Gasteiger partial charge on any atom is -0.487 e. The summed E-state index contributed by atoms with van der Waals surface area (Å²) in [7, 11) is 3.58. The third kappa shape index (κ3) is 8.27. The van der Waals surface area contributed by atoms with Crippen LogP contribution in [0.2, 0.25) is 5.02 Å². The fourth-order valence-electron chi connectivity index (χ4n) is 3.47.